The molecule has 6 heteroatoms. The number of fused-ring (bicyclic) bond motifs is 2. The summed E-state index contributed by atoms with van der Waals surface area (Å²) in [5.41, 5.74) is 5.64. The minimum atomic E-state index is -0.111. The van der Waals surface area contributed by atoms with Crippen LogP contribution in [-0.2, 0) is 12.8 Å². The van der Waals surface area contributed by atoms with Gasteiger partial charge in [-0.25, -0.2) is 0 Å². The largest absolute Gasteiger partial charge is 0.341 e. The van der Waals surface area contributed by atoms with E-state index < -0.39 is 0 Å². The number of hydrogen-bond acceptors (Lipinski definition) is 4. The van der Waals surface area contributed by atoms with E-state index in [1.165, 1.54) is 28.7 Å². The van der Waals surface area contributed by atoms with Gasteiger partial charge in [0.1, 0.15) is 0 Å². The first kappa shape index (κ1) is 17.3. The van der Waals surface area contributed by atoms with Crippen molar-refractivity contribution in [3.63, 3.8) is 0 Å². The zero-order valence-corrected chi connectivity index (χ0v) is 15.4. The lowest BCUT2D eigenvalue weighted by molar-refractivity contribution is 0.0788. The molecule has 0 saturated carbocycles. The molecule has 4 rings (SSSR count). The number of amides is 1. The van der Waals surface area contributed by atoms with Crippen molar-refractivity contribution >= 4 is 17.3 Å². The number of nitrogens with zero attached hydrogens (tertiary/aromatic N) is 4. The molecular formula is C21H23N5O. The second kappa shape index (κ2) is 7.61. The Balaban J connectivity index is 1.50. The molecule has 1 aromatic heterocycles. The molecule has 1 aliphatic rings. The molecule has 138 valence electrons. The van der Waals surface area contributed by atoms with Crippen LogP contribution in [0.25, 0.3) is 0 Å². The zero-order valence-electron chi connectivity index (χ0n) is 15.4. The van der Waals surface area contributed by atoms with Crippen molar-refractivity contribution in [2.75, 3.05) is 25.0 Å². The lowest BCUT2D eigenvalue weighted by Gasteiger charge is -2.28. The highest BCUT2D eigenvalue weighted by Crippen LogP contribution is 2.35. The molecule has 0 aliphatic carbocycles. The van der Waals surface area contributed by atoms with Crippen LogP contribution < -0.4 is 4.90 Å². The number of aryl methyl sites for hydroxylation is 2. The van der Waals surface area contributed by atoms with Gasteiger partial charge in [0, 0.05) is 31.5 Å². The van der Waals surface area contributed by atoms with Crippen molar-refractivity contribution in [1.82, 2.24) is 20.3 Å². The number of rotatable bonds is 5. The molecule has 27 heavy (non-hydrogen) atoms. The summed E-state index contributed by atoms with van der Waals surface area (Å²) in [5, 5.41) is 10.1. The minimum Gasteiger partial charge on any atom is -0.341 e. The third-order valence-electron chi connectivity index (χ3n) is 5.08. The zero-order chi connectivity index (χ0) is 18.6. The molecule has 1 N–H and O–H groups in total. The first-order chi connectivity index (χ1) is 13.2. The monoisotopic (exact) mass is 361 g/mol. The lowest BCUT2D eigenvalue weighted by atomic mass is 10.0. The normalized spacial score (nSPS) is 12.9. The van der Waals surface area contributed by atoms with Crippen LogP contribution in [0.5, 0.6) is 0 Å². The molecular weight excluding hydrogens is 338 g/mol. The maximum absolute atomic E-state index is 12.3. The Bertz CT molecular complexity index is 874. The van der Waals surface area contributed by atoms with Crippen molar-refractivity contribution in [2.24, 2.45) is 0 Å². The van der Waals surface area contributed by atoms with Gasteiger partial charge in [-0.3, -0.25) is 4.79 Å². The smallest absolute Gasteiger partial charge is 0.275 e. The van der Waals surface area contributed by atoms with Crippen molar-refractivity contribution in [3.8, 4) is 0 Å². The van der Waals surface area contributed by atoms with Crippen LogP contribution in [0.15, 0.2) is 54.7 Å². The van der Waals surface area contributed by atoms with E-state index in [0.717, 1.165) is 25.8 Å². The van der Waals surface area contributed by atoms with Gasteiger partial charge in [-0.1, -0.05) is 36.4 Å². The lowest BCUT2D eigenvalue weighted by Crippen LogP contribution is -2.30. The molecule has 0 bridgehead atoms. The van der Waals surface area contributed by atoms with Crippen molar-refractivity contribution < 1.29 is 4.79 Å². The number of nitrogens with one attached hydrogen (secondary N) is 1. The highest BCUT2D eigenvalue weighted by molar-refractivity contribution is 5.91. The average molecular weight is 361 g/mol. The Hall–Kier alpha value is -3.15. The number of anilines is 2. The fourth-order valence-electron chi connectivity index (χ4n) is 3.68. The summed E-state index contributed by atoms with van der Waals surface area (Å²) < 4.78 is 0. The highest BCUT2D eigenvalue weighted by Gasteiger charge is 2.20. The molecule has 6 nitrogen and oxygen atoms in total. The first-order valence-corrected chi connectivity index (χ1v) is 9.28. The van der Waals surface area contributed by atoms with Crippen LogP contribution in [0.2, 0.25) is 0 Å². The summed E-state index contributed by atoms with van der Waals surface area (Å²) in [7, 11) is 1.81. The van der Waals surface area contributed by atoms with E-state index in [9.17, 15) is 4.79 Å². The van der Waals surface area contributed by atoms with E-state index in [4.69, 9.17) is 0 Å². The minimum absolute atomic E-state index is 0.111. The summed E-state index contributed by atoms with van der Waals surface area (Å²) >= 11 is 0. The predicted octanol–water partition coefficient (Wildman–Crippen LogP) is 3.20. The van der Waals surface area contributed by atoms with Crippen molar-refractivity contribution in [2.45, 2.75) is 19.3 Å². The molecule has 0 atom stereocenters. The van der Waals surface area contributed by atoms with E-state index in [-0.39, 0.29) is 5.91 Å². The summed E-state index contributed by atoms with van der Waals surface area (Å²) in [6.45, 7) is 1.51. The fraction of sp³-hybridized carbons (Fsp3) is 0.286. The Labute approximate surface area is 158 Å². The molecule has 2 heterocycles. The molecule has 1 aliphatic heterocycles. The number of carbonyl (C=O) groups is 1. The fourth-order valence-corrected chi connectivity index (χ4v) is 3.68. The number of aromatic amines is 1. The second-order valence-corrected chi connectivity index (χ2v) is 6.84. The Kier molecular flexibility index (Phi) is 4.87. The molecule has 1 amide bonds. The number of carbonyl (C=O) groups excluding carboxylic acids is 1. The third-order valence-corrected chi connectivity index (χ3v) is 5.08. The number of benzene rings is 2. The standard InChI is InChI=1S/C21H23N5O/c1-25(21(27)18-15-22-24-23-18)13-6-14-26-19-9-4-2-7-16(19)11-12-17-8-3-5-10-20(17)26/h2-5,7-10,15H,6,11-14H2,1H3,(H,22,23,24). The molecule has 0 spiro atoms. The maximum Gasteiger partial charge on any atom is 0.275 e. The van der Waals surface area contributed by atoms with Gasteiger partial charge in [-0.15, -0.1) is 0 Å². The predicted molar refractivity (Wildman–Crippen MR) is 105 cm³/mol. The van der Waals surface area contributed by atoms with E-state index >= 15 is 0 Å². The van der Waals surface area contributed by atoms with Gasteiger partial charge in [0.2, 0.25) is 0 Å². The van der Waals surface area contributed by atoms with E-state index in [0.29, 0.717) is 12.2 Å². The van der Waals surface area contributed by atoms with Gasteiger partial charge in [0.25, 0.3) is 5.91 Å². The molecule has 0 fully saturated rings. The van der Waals surface area contributed by atoms with Gasteiger partial charge < -0.3 is 9.80 Å². The summed E-state index contributed by atoms with van der Waals surface area (Å²) in [5.74, 6) is -0.111. The topological polar surface area (TPSA) is 65.1 Å². The van der Waals surface area contributed by atoms with Crippen LogP contribution in [-0.4, -0.2) is 46.4 Å². The molecule has 0 unspecified atom stereocenters. The van der Waals surface area contributed by atoms with Crippen molar-refractivity contribution in [1.29, 1.82) is 0 Å². The SMILES string of the molecule is CN(CCCN1c2ccccc2CCc2ccccc21)C(=O)c1cn[nH]n1. The van der Waals surface area contributed by atoms with Crippen LogP contribution in [0.1, 0.15) is 28.0 Å². The van der Waals surface area contributed by atoms with Crippen LogP contribution in [0.3, 0.4) is 0 Å². The molecule has 0 radical (unpaired) electrons. The Morgan fingerprint density at radius 1 is 1.07 bits per heavy atom. The number of para-hydroxylation sites is 2. The number of H-pyrrole nitrogens is 1. The molecule has 3 aromatic rings. The maximum atomic E-state index is 12.3. The third kappa shape index (κ3) is 3.56. The summed E-state index contributed by atoms with van der Waals surface area (Å²) in [4.78, 5) is 16.4. The van der Waals surface area contributed by atoms with E-state index in [2.05, 4.69) is 68.8 Å². The summed E-state index contributed by atoms with van der Waals surface area (Å²) in [6, 6.07) is 17.2. The molecule has 0 saturated heterocycles. The second-order valence-electron chi connectivity index (χ2n) is 6.84. The van der Waals surface area contributed by atoms with Crippen LogP contribution >= 0.6 is 0 Å². The number of hydrogen-bond donors (Lipinski definition) is 1. The van der Waals surface area contributed by atoms with Gasteiger partial charge in [-0.2, -0.15) is 15.4 Å². The quantitative estimate of drug-likeness (QED) is 0.758. The van der Waals surface area contributed by atoms with Gasteiger partial charge >= 0.3 is 0 Å². The van der Waals surface area contributed by atoms with E-state index in [1.54, 1.807) is 11.9 Å². The van der Waals surface area contributed by atoms with Crippen molar-refractivity contribution in [3.05, 3.63) is 71.5 Å². The van der Waals surface area contributed by atoms with Gasteiger partial charge in [-0.05, 0) is 42.5 Å². The first-order valence-electron chi connectivity index (χ1n) is 9.28. The van der Waals surface area contributed by atoms with Gasteiger partial charge in [0.15, 0.2) is 5.69 Å². The number of aromatic nitrogens is 3. The summed E-state index contributed by atoms with van der Waals surface area (Å²) in [6.07, 6.45) is 4.42. The Morgan fingerprint density at radius 3 is 2.30 bits per heavy atom. The average Bonchev–Trinajstić information content (AvgIpc) is 3.19. The highest BCUT2D eigenvalue weighted by atomic mass is 16.2. The van der Waals surface area contributed by atoms with Crippen LogP contribution in [0.4, 0.5) is 11.4 Å². The Morgan fingerprint density at radius 2 is 1.70 bits per heavy atom. The van der Waals surface area contributed by atoms with Gasteiger partial charge in [0.05, 0.1) is 6.20 Å². The molecule has 2 aromatic carbocycles. The van der Waals surface area contributed by atoms with E-state index in [1.807, 2.05) is 0 Å². The van der Waals surface area contributed by atoms with Crippen LogP contribution in [0, 0.1) is 0 Å².